The van der Waals surface area contributed by atoms with Crippen LogP contribution in [-0.4, -0.2) is 23.8 Å². The summed E-state index contributed by atoms with van der Waals surface area (Å²) in [6.45, 7) is 7.48. The molecule has 0 radical (unpaired) electrons. The van der Waals surface area contributed by atoms with E-state index in [1.165, 1.54) is 0 Å². The third-order valence-electron chi connectivity index (χ3n) is 2.23. The molecule has 1 saturated heterocycles. The normalized spacial score (nSPS) is 24.2. The summed E-state index contributed by atoms with van der Waals surface area (Å²) >= 11 is 0. The van der Waals surface area contributed by atoms with Crippen molar-refractivity contribution in [3.05, 3.63) is 12.2 Å². The highest BCUT2D eigenvalue weighted by atomic mass is 16.3. The molecule has 10 heavy (non-hydrogen) atoms. The number of aliphatic hydroxyl groups is 1. The van der Waals surface area contributed by atoms with Gasteiger partial charge in [0.1, 0.15) is 0 Å². The van der Waals surface area contributed by atoms with Crippen molar-refractivity contribution < 1.29 is 5.11 Å². The minimum absolute atomic E-state index is 0.578. The van der Waals surface area contributed by atoms with Crippen LogP contribution in [0.4, 0.5) is 0 Å². The van der Waals surface area contributed by atoms with E-state index in [0.29, 0.717) is 0 Å². The van der Waals surface area contributed by atoms with Crippen LogP contribution in [0, 0.1) is 0 Å². The van der Waals surface area contributed by atoms with Crippen LogP contribution in [0.25, 0.3) is 0 Å². The molecule has 2 N–H and O–H groups in total. The van der Waals surface area contributed by atoms with Gasteiger partial charge in [-0.3, -0.25) is 0 Å². The van der Waals surface area contributed by atoms with Crippen molar-refractivity contribution in [1.29, 1.82) is 0 Å². The highest BCUT2D eigenvalue weighted by molar-refractivity contribution is 5.10. The molecular weight excluding hydrogens is 126 g/mol. The van der Waals surface area contributed by atoms with Crippen LogP contribution in [0.1, 0.15) is 19.8 Å². The summed E-state index contributed by atoms with van der Waals surface area (Å²) in [6.07, 6.45) is 1.62. The van der Waals surface area contributed by atoms with Gasteiger partial charge in [0.2, 0.25) is 0 Å². The Balaban J connectivity index is 2.56. The monoisotopic (exact) mass is 141 g/mol. The zero-order valence-electron chi connectivity index (χ0n) is 6.48. The minimum Gasteiger partial charge on any atom is -0.385 e. The fourth-order valence-electron chi connectivity index (χ4n) is 1.27. The Kier molecular flexibility index (Phi) is 2.11. The SMILES string of the molecule is C=C(C)C1(O)CCNCC1. The summed E-state index contributed by atoms with van der Waals surface area (Å²) in [7, 11) is 0. The third kappa shape index (κ3) is 1.39. The smallest absolute Gasteiger partial charge is 0.0875 e. The van der Waals surface area contributed by atoms with Gasteiger partial charge in [-0.05, 0) is 38.4 Å². The molecule has 1 aliphatic heterocycles. The molecule has 0 aromatic carbocycles. The van der Waals surface area contributed by atoms with Crippen LogP contribution in [-0.2, 0) is 0 Å². The summed E-state index contributed by atoms with van der Waals surface area (Å²) in [5.74, 6) is 0. The van der Waals surface area contributed by atoms with Gasteiger partial charge in [-0.25, -0.2) is 0 Å². The highest BCUT2D eigenvalue weighted by Gasteiger charge is 2.29. The zero-order chi connectivity index (χ0) is 7.61. The van der Waals surface area contributed by atoms with Crippen LogP contribution in [0.5, 0.6) is 0 Å². The Hall–Kier alpha value is -0.340. The molecule has 0 amide bonds. The predicted octanol–water partition coefficient (Wildman–Crippen LogP) is 0.677. The van der Waals surface area contributed by atoms with Crippen molar-refractivity contribution in [2.45, 2.75) is 25.4 Å². The number of nitrogens with one attached hydrogen (secondary N) is 1. The van der Waals surface area contributed by atoms with E-state index in [2.05, 4.69) is 11.9 Å². The van der Waals surface area contributed by atoms with Gasteiger partial charge in [-0.2, -0.15) is 0 Å². The van der Waals surface area contributed by atoms with E-state index in [1.807, 2.05) is 6.92 Å². The van der Waals surface area contributed by atoms with Crippen molar-refractivity contribution in [2.24, 2.45) is 0 Å². The van der Waals surface area contributed by atoms with E-state index in [-0.39, 0.29) is 0 Å². The largest absolute Gasteiger partial charge is 0.385 e. The van der Waals surface area contributed by atoms with Crippen molar-refractivity contribution in [2.75, 3.05) is 13.1 Å². The van der Waals surface area contributed by atoms with Crippen molar-refractivity contribution in [1.82, 2.24) is 5.32 Å². The maximum atomic E-state index is 9.81. The standard InChI is InChI=1S/C8H15NO/c1-7(2)8(10)3-5-9-6-4-8/h9-10H,1,3-6H2,2H3. The van der Waals surface area contributed by atoms with E-state index in [0.717, 1.165) is 31.5 Å². The second-order valence-electron chi connectivity index (χ2n) is 3.06. The molecule has 1 aliphatic rings. The fraction of sp³-hybridized carbons (Fsp3) is 0.750. The maximum absolute atomic E-state index is 9.81. The van der Waals surface area contributed by atoms with Crippen molar-refractivity contribution in [3.8, 4) is 0 Å². The Labute approximate surface area is 61.9 Å². The average molecular weight is 141 g/mol. The second kappa shape index (κ2) is 2.72. The lowest BCUT2D eigenvalue weighted by atomic mass is 9.87. The van der Waals surface area contributed by atoms with Gasteiger partial charge in [0, 0.05) is 0 Å². The number of rotatable bonds is 1. The van der Waals surface area contributed by atoms with Crippen LogP contribution >= 0.6 is 0 Å². The second-order valence-corrected chi connectivity index (χ2v) is 3.06. The first-order chi connectivity index (χ1) is 4.65. The van der Waals surface area contributed by atoms with E-state index >= 15 is 0 Å². The van der Waals surface area contributed by atoms with E-state index in [1.54, 1.807) is 0 Å². The molecule has 1 fully saturated rings. The molecule has 2 nitrogen and oxygen atoms in total. The van der Waals surface area contributed by atoms with Gasteiger partial charge in [0.15, 0.2) is 0 Å². The summed E-state index contributed by atoms with van der Waals surface area (Å²) < 4.78 is 0. The van der Waals surface area contributed by atoms with E-state index < -0.39 is 5.60 Å². The molecule has 0 aliphatic carbocycles. The molecule has 0 aromatic rings. The Bertz CT molecular complexity index is 136. The molecule has 0 bridgehead atoms. The molecule has 1 heterocycles. The van der Waals surface area contributed by atoms with Crippen LogP contribution in [0.15, 0.2) is 12.2 Å². The van der Waals surface area contributed by atoms with Crippen LogP contribution in [0.2, 0.25) is 0 Å². The van der Waals surface area contributed by atoms with E-state index in [9.17, 15) is 5.11 Å². The Morgan fingerprint density at radius 3 is 2.30 bits per heavy atom. The highest BCUT2D eigenvalue weighted by Crippen LogP contribution is 2.24. The summed E-state index contributed by atoms with van der Waals surface area (Å²) in [5.41, 5.74) is 0.319. The van der Waals surface area contributed by atoms with Gasteiger partial charge in [0.05, 0.1) is 5.60 Å². The van der Waals surface area contributed by atoms with Gasteiger partial charge in [0.25, 0.3) is 0 Å². The molecule has 0 aromatic heterocycles. The molecule has 0 atom stereocenters. The summed E-state index contributed by atoms with van der Waals surface area (Å²) in [5, 5.41) is 13.0. The predicted molar refractivity (Wildman–Crippen MR) is 41.9 cm³/mol. The number of hydrogen-bond acceptors (Lipinski definition) is 2. The zero-order valence-corrected chi connectivity index (χ0v) is 6.48. The number of hydrogen-bond donors (Lipinski definition) is 2. The first-order valence-corrected chi connectivity index (χ1v) is 3.74. The van der Waals surface area contributed by atoms with Gasteiger partial charge >= 0.3 is 0 Å². The molecule has 0 spiro atoms. The number of piperidine rings is 1. The molecule has 1 rings (SSSR count). The summed E-state index contributed by atoms with van der Waals surface area (Å²) in [4.78, 5) is 0. The molecule has 0 saturated carbocycles. The fourth-order valence-corrected chi connectivity index (χ4v) is 1.27. The topological polar surface area (TPSA) is 32.3 Å². The Morgan fingerprint density at radius 1 is 1.50 bits per heavy atom. The van der Waals surface area contributed by atoms with E-state index in [4.69, 9.17) is 0 Å². The average Bonchev–Trinajstić information content (AvgIpc) is 1.89. The lowest BCUT2D eigenvalue weighted by molar-refractivity contribution is 0.0468. The first kappa shape index (κ1) is 7.76. The third-order valence-corrected chi connectivity index (χ3v) is 2.23. The molecule has 0 unspecified atom stereocenters. The molecule has 2 heteroatoms. The van der Waals surface area contributed by atoms with Crippen LogP contribution in [0.3, 0.4) is 0 Å². The lowest BCUT2D eigenvalue weighted by Crippen LogP contribution is -2.42. The maximum Gasteiger partial charge on any atom is 0.0875 e. The lowest BCUT2D eigenvalue weighted by Gasteiger charge is -2.32. The van der Waals surface area contributed by atoms with Crippen molar-refractivity contribution in [3.63, 3.8) is 0 Å². The first-order valence-electron chi connectivity index (χ1n) is 3.74. The van der Waals surface area contributed by atoms with Gasteiger partial charge in [-0.15, -0.1) is 0 Å². The van der Waals surface area contributed by atoms with Gasteiger partial charge < -0.3 is 10.4 Å². The molecule has 58 valence electrons. The molecular formula is C8H15NO. The van der Waals surface area contributed by atoms with Gasteiger partial charge in [-0.1, -0.05) is 6.58 Å². The van der Waals surface area contributed by atoms with Crippen LogP contribution < -0.4 is 5.32 Å². The van der Waals surface area contributed by atoms with Crippen molar-refractivity contribution >= 4 is 0 Å². The minimum atomic E-state index is -0.578. The quantitative estimate of drug-likeness (QED) is 0.526. The Morgan fingerprint density at radius 2 is 2.00 bits per heavy atom. The summed E-state index contributed by atoms with van der Waals surface area (Å²) in [6, 6.07) is 0.